The minimum Gasteiger partial charge on any atom is -0.341 e. The van der Waals surface area contributed by atoms with Gasteiger partial charge in [-0.15, -0.1) is 11.3 Å². The number of hydrogen-bond donors (Lipinski definition) is 0. The van der Waals surface area contributed by atoms with E-state index in [0.29, 0.717) is 11.2 Å². The molecule has 7 nitrogen and oxygen atoms in total. The highest BCUT2D eigenvalue weighted by Crippen LogP contribution is 2.43. The van der Waals surface area contributed by atoms with Gasteiger partial charge in [0.15, 0.2) is 17.7 Å². The first-order chi connectivity index (χ1) is 12.6. The standard InChI is InChI=1S/C18H16N4O3S/c1-18(2)24-14-13(6-5-11-4-3-7-26-11)23-17(15(14)25-18)22-10-21-12-8-19-9-20-16(12)22/h3-4,7-10,13-15,17H,1-2H3/t13-,14-,15-,17-/m1/s1. The molecule has 5 heterocycles. The maximum absolute atomic E-state index is 6.22. The van der Waals surface area contributed by atoms with Crippen LogP contribution in [0.3, 0.4) is 0 Å². The highest BCUT2D eigenvalue weighted by atomic mass is 32.1. The topological polar surface area (TPSA) is 71.3 Å². The van der Waals surface area contributed by atoms with Crippen molar-refractivity contribution in [2.75, 3.05) is 0 Å². The molecule has 0 aromatic carbocycles. The molecule has 4 atom stereocenters. The third-order valence-corrected chi connectivity index (χ3v) is 5.19. The third-order valence-electron chi connectivity index (χ3n) is 4.40. The van der Waals surface area contributed by atoms with Crippen LogP contribution >= 0.6 is 11.3 Å². The Hall–Kier alpha value is -2.31. The maximum atomic E-state index is 6.22. The van der Waals surface area contributed by atoms with Crippen LogP contribution in [0.15, 0.2) is 36.4 Å². The smallest absolute Gasteiger partial charge is 0.167 e. The number of nitrogens with zero attached hydrogens (tertiary/aromatic N) is 4. The third kappa shape index (κ3) is 2.61. The molecule has 0 aliphatic carbocycles. The summed E-state index contributed by atoms with van der Waals surface area (Å²) in [5, 5.41) is 2.00. The lowest BCUT2D eigenvalue weighted by molar-refractivity contribution is -0.190. The van der Waals surface area contributed by atoms with Gasteiger partial charge >= 0.3 is 0 Å². The normalized spacial score (nSPS) is 29.5. The summed E-state index contributed by atoms with van der Waals surface area (Å²) in [6, 6.07) is 3.96. The summed E-state index contributed by atoms with van der Waals surface area (Å²) in [5.74, 6) is 5.68. The zero-order chi connectivity index (χ0) is 17.7. The SMILES string of the molecule is CC1(C)O[C@@H]2[C@H](O1)[C@@H](C#Cc1cccs1)O[C@H]2n1cnc2cncnc21. The number of imidazole rings is 1. The molecule has 0 bridgehead atoms. The van der Waals surface area contributed by atoms with Crippen molar-refractivity contribution in [3.8, 4) is 11.8 Å². The predicted molar refractivity (Wildman–Crippen MR) is 94.3 cm³/mol. The zero-order valence-corrected chi connectivity index (χ0v) is 15.0. The molecule has 0 radical (unpaired) electrons. The number of aromatic nitrogens is 4. The average molecular weight is 368 g/mol. The molecule has 3 aromatic rings. The fourth-order valence-electron chi connectivity index (χ4n) is 3.38. The fourth-order valence-corrected chi connectivity index (χ4v) is 3.96. The van der Waals surface area contributed by atoms with Crippen molar-refractivity contribution >= 4 is 22.5 Å². The van der Waals surface area contributed by atoms with Gasteiger partial charge in [-0.2, -0.15) is 0 Å². The molecule has 0 N–H and O–H groups in total. The Kier molecular flexibility index (Phi) is 3.58. The minimum absolute atomic E-state index is 0.276. The van der Waals surface area contributed by atoms with Crippen molar-refractivity contribution < 1.29 is 14.2 Å². The van der Waals surface area contributed by atoms with Crippen LogP contribution in [0.2, 0.25) is 0 Å². The van der Waals surface area contributed by atoms with Gasteiger partial charge in [-0.25, -0.2) is 15.0 Å². The van der Waals surface area contributed by atoms with E-state index in [2.05, 4.69) is 26.8 Å². The molecule has 2 fully saturated rings. The maximum Gasteiger partial charge on any atom is 0.167 e. The molecule has 8 heteroatoms. The van der Waals surface area contributed by atoms with Crippen LogP contribution in [-0.2, 0) is 14.2 Å². The molecule has 3 aromatic heterocycles. The van der Waals surface area contributed by atoms with E-state index in [4.69, 9.17) is 14.2 Å². The summed E-state index contributed by atoms with van der Waals surface area (Å²) < 4.78 is 20.3. The number of hydrogen-bond acceptors (Lipinski definition) is 7. The highest BCUT2D eigenvalue weighted by Gasteiger charge is 2.55. The van der Waals surface area contributed by atoms with Gasteiger partial charge in [0.05, 0.1) is 17.4 Å². The molecule has 0 spiro atoms. The van der Waals surface area contributed by atoms with Crippen LogP contribution in [0.1, 0.15) is 25.0 Å². The Bertz CT molecular complexity index is 1000. The van der Waals surface area contributed by atoms with E-state index in [1.54, 1.807) is 23.9 Å². The minimum atomic E-state index is -0.689. The van der Waals surface area contributed by atoms with E-state index in [9.17, 15) is 0 Å². The Morgan fingerprint density at radius 2 is 2.12 bits per heavy atom. The van der Waals surface area contributed by atoms with Crippen LogP contribution in [0.5, 0.6) is 0 Å². The number of fused-ring (bicyclic) bond motifs is 2. The second kappa shape index (κ2) is 5.86. The lowest BCUT2D eigenvalue weighted by Gasteiger charge is -2.23. The predicted octanol–water partition coefficient (Wildman–Crippen LogP) is 2.36. The van der Waals surface area contributed by atoms with Crippen molar-refractivity contribution in [3.63, 3.8) is 0 Å². The molecule has 5 rings (SSSR count). The second-order valence-corrected chi connectivity index (χ2v) is 7.59. The van der Waals surface area contributed by atoms with Gasteiger partial charge in [0.25, 0.3) is 0 Å². The van der Waals surface area contributed by atoms with Crippen LogP contribution in [0, 0.1) is 11.8 Å². The molecule has 26 heavy (non-hydrogen) atoms. The molecule has 0 unspecified atom stereocenters. The molecule has 132 valence electrons. The van der Waals surface area contributed by atoms with E-state index >= 15 is 0 Å². The van der Waals surface area contributed by atoms with E-state index in [1.165, 1.54) is 6.33 Å². The van der Waals surface area contributed by atoms with E-state index < -0.39 is 18.1 Å². The van der Waals surface area contributed by atoms with Crippen molar-refractivity contribution in [2.45, 2.75) is 44.2 Å². The molecule has 2 aliphatic heterocycles. The largest absolute Gasteiger partial charge is 0.341 e. The van der Waals surface area contributed by atoms with Crippen molar-refractivity contribution in [2.24, 2.45) is 0 Å². The molecule has 0 amide bonds. The van der Waals surface area contributed by atoms with Crippen LogP contribution < -0.4 is 0 Å². The summed E-state index contributed by atoms with van der Waals surface area (Å²) in [4.78, 5) is 13.7. The van der Waals surface area contributed by atoms with Gasteiger partial charge in [-0.05, 0) is 25.3 Å². The fraction of sp³-hybridized carbons (Fsp3) is 0.389. The van der Waals surface area contributed by atoms with Gasteiger partial charge in [-0.1, -0.05) is 17.9 Å². The van der Waals surface area contributed by atoms with Crippen LogP contribution in [0.25, 0.3) is 11.2 Å². The number of ether oxygens (including phenoxy) is 3. The lowest BCUT2D eigenvalue weighted by atomic mass is 10.1. The first-order valence-corrected chi connectivity index (χ1v) is 9.17. The second-order valence-electron chi connectivity index (χ2n) is 6.64. The summed E-state index contributed by atoms with van der Waals surface area (Å²) in [5.41, 5.74) is 1.41. The van der Waals surface area contributed by atoms with E-state index in [0.717, 1.165) is 4.88 Å². The first-order valence-electron chi connectivity index (χ1n) is 8.29. The molecule has 2 aliphatic rings. The van der Waals surface area contributed by atoms with Gasteiger partial charge < -0.3 is 14.2 Å². The van der Waals surface area contributed by atoms with Gasteiger partial charge in [0.1, 0.15) is 30.2 Å². The number of thiophene rings is 1. The Morgan fingerprint density at radius 1 is 1.23 bits per heavy atom. The Labute approximate surface area is 154 Å². The number of rotatable bonds is 1. The van der Waals surface area contributed by atoms with Gasteiger partial charge in [0.2, 0.25) is 0 Å². The Morgan fingerprint density at radius 3 is 2.96 bits per heavy atom. The molecular weight excluding hydrogens is 352 g/mol. The Balaban J connectivity index is 1.52. The zero-order valence-electron chi connectivity index (χ0n) is 14.2. The lowest BCUT2D eigenvalue weighted by Crippen LogP contribution is -2.28. The quantitative estimate of drug-likeness (QED) is 0.614. The summed E-state index contributed by atoms with van der Waals surface area (Å²) in [6.07, 6.45) is 3.50. The highest BCUT2D eigenvalue weighted by molar-refractivity contribution is 7.10. The van der Waals surface area contributed by atoms with Crippen molar-refractivity contribution in [3.05, 3.63) is 41.2 Å². The summed E-state index contributed by atoms with van der Waals surface area (Å²) in [6.45, 7) is 3.81. The van der Waals surface area contributed by atoms with E-state index in [-0.39, 0.29) is 12.2 Å². The monoisotopic (exact) mass is 368 g/mol. The molecule has 0 saturated carbocycles. The summed E-state index contributed by atoms with van der Waals surface area (Å²) in [7, 11) is 0. The first kappa shape index (κ1) is 15.9. The summed E-state index contributed by atoms with van der Waals surface area (Å²) >= 11 is 1.60. The van der Waals surface area contributed by atoms with Crippen molar-refractivity contribution in [1.29, 1.82) is 0 Å². The van der Waals surface area contributed by atoms with Crippen molar-refractivity contribution in [1.82, 2.24) is 19.5 Å². The van der Waals surface area contributed by atoms with Crippen LogP contribution in [0.4, 0.5) is 0 Å². The van der Waals surface area contributed by atoms with E-state index in [1.807, 2.05) is 35.9 Å². The average Bonchev–Trinajstić information content (AvgIpc) is 3.36. The molecular formula is C18H16N4O3S. The van der Waals surface area contributed by atoms with Crippen LogP contribution in [-0.4, -0.2) is 43.6 Å². The molecule has 2 saturated heterocycles. The van der Waals surface area contributed by atoms with Gasteiger partial charge in [-0.3, -0.25) is 4.57 Å². The van der Waals surface area contributed by atoms with Gasteiger partial charge in [0, 0.05) is 0 Å².